The molecule has 1 aliphatic rings. The van der Waals surface area contributed by atoms with Gasteiger partial charge in [-0.1, -0.05) is 60.3 Å². The van der Waals surface area contributed by atoms with Crippen LogP contribution in [0.25, 0.3) is 10.2 Å². The van der Waals surface area contributed by atoms with Gasteiger partial charge in [0.25, 0.3) is 0 Å². The fraction of sp³-hybridized carbons (Fsp3) is 0.323. The van der Waals surface area contributed by atoms with Crippen molar-refractivity contribution < 1.29 is 29.3 Å². The minimum absolute atomic E-state index is 0.00973. The second-order valence-electron chi connectivity index (χ2n) is 9.88. The van der Waals surface area contributed by atoms with Gasteiger partial charge in [0, 0.05) is 36.3 Å². The van der Waals surface area contributed by atoms with E-state index in [4.69, 9.17) is 19.6 Å². The summed E-state index contributed by atoms with van der Waals surface area (Å²) in [6.07, 6.45) is 1.16. The largest absolute Gasteiger partial charge is 0.481 e. The van der Waals surface area contributed by atoms with Crippen LogP contribution >= 0.6 is 23.1 Å². The molecule has 3 N–H and O–H groups in total. The average molecular weight is 593 g/mol. The highest BCUT2D eigenvalue weighted by atomic mass is 32.2. The Morgan fingerprint density at radius 3 is 2.41 bits per heavy atom. The summed E-state index contributed by atoms with van der Waals surface area (Å²) in [5.74, 6) is -0.275. The number of aromatic nitrogens is 1. The quantitative estimate of drug-likeness (QED) is 0.123. The molecule has 1 amide bonds. The zero-order valence-corrected chi connectivity index (χ0v) is 24.0. The summed E-state index contributed by atoms with van der Waals surface area (Å²) in [6, 6.07) is 23.3. The van der Waals surface area contributed by atoms with Gasteiger partial charge in [-0.3, -0.25) is 9.59 Å². The first-order valence-corrected chi connectivity index (χ1v) is 15.4. The van der Waals surface area contributed by atoms with Gasteiger partial charge in [0.2, 0.25) is 5.91 Å². The van der Waals surface area contributed by atoms with Crippen molar-refractivity contribution in [1.29, 1.82) is 0 Å². The lowest BCUT2D eigenvalue weighted by molar-refractivity contribution is -0.245. The molecule has 2 heterocycles. The number of carbonyl (C=O) groups excluding carboxylic acids is 1. The monoisotopic (exact) mass is 592 g/mol. The molecule has 0 spiro atoms. The van der Waals surface area contributed by atoms with Crippen LogP contribution in [0.3, 0.4) is 0 Å². The van der Waals surface area contributed by atoms with E-state index >= 15 is 0 Å². The van der Waals surface area contributed by atoms with E-state index in [-0.39, 0.29) is 37.6 Å². The van der Waals surface area contributed by atoms with Crippen LogP contribution in [0.1, 0.15) is 61.2 Å². The second-order valence-corrected chi connectivity index (χ2v) is 12.2. The van der Waals surface area contributed by atoms with Crippen LogP contribution in [0.15, 0.2) is 77.1 Å². The Kier molecular flexibility index (Phi) is 10.0. The van der Waals surface area contributed by atoms with Crippen LogP contribution in [0.4, 0.5) is 5.69 Å². The van der Waals surface area contributed by atoms with E-state index in [1.165, 1.54) is 0 Å². The van der Waals surface area contributed by atoms with Crippen LogP contribution < -0.4 is 5.32 Å². The highest BCUT2D eigenvalue weighted by molar-refractivity contribution is 8.01. The number of carbonyl (C=O) groups is 2. The molecule has 3 aromatic carbocycles. The first-order chi connectivity index (χ1) is 20.0. The molecule has 0 unspecified atom stereocenters. The van der Waals surface area contributed by atoms with Gasteiger partial charge in [-0.15, -0.1) is 11.3 Å². The maximum Gasteiger partial charge on any atom is 0.303 e. The van der Waals surface area contributed by atoms with Crippen LogP contribution in [-0.2, 0) is 25.7 Å². The van der Waals surface area contributed by atoms with Crippen molar-refractivity contribution in [1.82, 2.24) is 4.98 Å². The SMILES string of the molecule is O=C(O)CCCCC(=O)Nc1ccc([C@H]2O[C@@H](CSc3nc4ccccc4s3)C[C@@H](c3ccc(CO)cc3)O2)cc1. The summed E-state index contributed by atoms with van der Waals surface area (Å²) >= 11 is 3.36. The first kappa shape index (κ1) is 29.2. The van der Waals surface area contributed by atoms with Crippen LogP contribution in [0.2, 0.25) is 0 Å². The number of ether oxygens (including phenoxy) is 2. The number of thioether (sulfide) groups is 1. The number of hydrogen-bond acceptors (Lipinski definition) is 8. The number of carboxylic acids is 1. The van der Waals surface area contributed by atoms with E-state index < -0.39 is 12.3 Å². The van der Waals surface area contributed by atoms with Gasteiger partial charge in [-0.05, 0) is 48.2 Å². The fourth-order valence-corrected chi connectivity index (χ4v) is 6.72. The highest BCUT2D eigenvalue weighted by Gasteiger charge is 2.32. The van der Waals surface area contributed by atoms with Gasteiger partial charge in [0.15, 0.2) is 10.6 Å². The average Bonchev–Trinajstić information content (AvgIpc) is 3.42. The normalized spacial score (nSPS) is 18.8. The van der Waals surface area contributed by atoms with Crippen LogP contribution in [0, 0.1) is 0 Å². The number of benzene rings is 3. The number of rotatable bonds is 12. The van der Waals surface area contributed by atoms with Crippen molar-refractivity contribution in [2.24, 2.45) is 0 Å². The summed E-state index contributed by atoms with van der Waals surface area (Å²) in [5.41, 5.74) is 4.38. The lowest BCUT2D eigenvalue weighted by atomic mass is 10.0. The predicted molar refractivity (Wildman–Crippen MR) is 160 cm³/mol. The number of anilines is 1. The van der Waals surface area contributed by atoms with Gasteiger partial charge < -0.3 is 25.0 Å². The van der Waals surface area contributed by atoms with E-state index in [1.54, 1.807) is 23.1 Å². The van der Waals surface area contributed by atoms with Gasteiger partial charge in [0.1, 0.15) is 0 Å². The molecule has 1 aromatic heterocycles. The standard InChI is InChI=1S/C31H32N2O6S2/c34-18-20-9-11-21(12-10-20)26-17-24(19-40-31-33-25-5-1-2-6-27(25)41-31)38-30(39-26)22-13-15-23(16-14-22)32-28(35)7-3-4-8-29(36)37/h1-2,5-6,9-16,24,26,30,34H,3-4,7-8,17-19H2,(H,32,35)(H,36,37)/t24-,26+,30+/m1/s1. The smallest absolute Gasteiger partial charge is 0.303 e. The molecule has 0 radical (unpaired) electrons. The molecule has 41 heavy (non-hydrogen) atoms. The summed E-state index contributed by atoms with van der Waals surface area (Å²) in [4.78, 5) is 27.6. The van der Waals surface area contributed by atoms with E-state index in [9.17, 15) is 14.7 Å². The summed E-state index contributed by atoms with van der Waals surface area (Å²) in [6.45, 7) is -0.00973. The second kappa shape index (κ2) is 14.1. The first-order valence-electron chi connectivity index (χ1n) is 13.6. The maximum atomic E-state index is 12.2. The fourth-order valence-electron chi connectivity index (χ4n) is 4.61. The van der Waals surface area contributed by atoms with Crippen molar-refractivity contribution in [3.05, 3.63) is 89.5 Å². The number of para-hydroxylation sites is 1. The van der Waals surface area contributed by atoms with E-state index in [1.807, 2.05) is 66.7 Å². The van der Waals surface area contributed by atoms with E-state index in [0.717, 1.165) is 37.0 Å². The predicted octanol–water partition coefficient (Wildman–Crippen LogP) is 6.71. The Morgan fingerprint density at radius 1 is 0.951 bits per heavy atom. The Bertz CT molecular complexity index is 1420. The Labute approximate surface area is 246 Å². The number of hydrogen-bond donors (Lipinski definition) is 3. The molecule has 1 fully saturated rings. The molecule has 0 bridgehead atoms. The number of aliphatic hydroxyl groups is 1. The third kappa shape index (κ3) is 8.15. The number of nitrogens with zero attached hydrogens (tertiary/aromatic N) is 1. The Morgan fingerprint density at radius 2 is 1.68 bits per heavy atom. The van der Waals surface area contributed by atoms with Gasteiger partial charge in [-0.25, -0.2) is 4.98 Å². The molecular weight excluding hydrogens is 560 g/mol. The molecular formula is C31H32N2O6S2. The number of amides is 1. The van der Waals surface area contributed by atoms with Crippen molar-refractivity contribution in [2.45, 2.75) is 61.5 Å². The third-order valence-electron chi connectivity index (χ3n) is 6.79. The van der Waals surface area contributed by atoms with E-state index in [0.29, 0.717) is 24.9 Å². The molecule has 3 atom stereocenters. The third-order valence-corrected chi connectivity index (χ3v) is 9.10. The number of fused-ring (bicyclic) bond motifs is 1. The van der Waals surface area contributed by atoms with Crippen molar-refractivity contribution in [2.75, 3.05) is 11.1 Å². The minimum atomic E-state index is -0.852. The van der Waals surface area contributed by atoms with Gasteiger partial charge in [0.05, 0.1) is 29.0 Å². The van der Waals surface area contributed by atoms with Crippen molar-refractivity contribution in [3.8, 4) is 0 Å². The van der Waals surface area contributed by atoms with Crippen molar-refractivity contribution >= 4 is 50.9 Å². The zero-order chi connectivity index (χ0) is 28.6. The maximum absolute atomic E-state index is 12.2. The number of nitrogens with one attached hydrogen (secondary N) is 1. The van der Waals surface area contributed by atoms with Crippen molar-refractivity contribution in [3.63, 3.8) is 0 Å². The van der Waals surface area contributed by atoms with Gasteiger partial charge >= 0.3 is 5.97 Å². The molecule has 0 saturated carbocycles. The number of thiazole rings is 1. The Hall–Kier alpha value is -3.28. The molecule has 0 aliphatic carbocycles. The summed E-state index contributed by atoms with van der Waals surface area (Å²) in [7, 11) is 0. The molecule has 4 aromatic rings. The van der Waals surface area contributed by atoms with Crippen LogP contribution in [-0.4, -0.2) is 38.9 Å². The molecule has 1 saturated heterocycles. The minimum Gasteiger partial charge on any atom is -0.481 e. The molecule has 8 nitrogen and oxygen atoms in total. The number of carboxylic acid groups (broad SMARTS) is 1. The molecule has 10 heteroatoms. The molecule has 214 valence electrons. The Balaban J connectivity index is 1.25. The van der Waals surface area contributed by atoms with Crippen LogP contribution in [0.5, 0.6) is 0 Å². The topological polar surface area (TPSA) is 118 Å². The molecule has 5 rings (SSSR count). The number of aliphatic hydroxyl groups excluding tert-OH is 1. The van der Waals surface area contributed by atoms with Gasteiger partial charge in [-0.2, -0.15) is 0 Å². The number of aliphatic carboxylic acids is 1. The summed E-state index contributed by atoms with van der Waals surface area (Å²) in [5, 5.41) is 21.1. The lowest BCUT2D eigenvalue weighted by Crippen LogP contribution is -2.31. The number of unbranched alkanes of at least 4 members (excludes halogenated alkanes) is 1. The lowest BCUT2D eigenvalue weighted by Gasteiger charge is -2.36. The summed E-state index contributed by atoms with van der Waals surface area (Å²) < 4.78 is 15.0. The highest BCUT2D eigenvalue weighted by Crippen LogP contribution is 2.40. The molecule has 1 aliphatic heterocycles. The van der Waals surface area contributed by atoms with E-state index in [2.05, 4.69) is 11.4 Å². The zero-order valence-electron chi connectivity index (χ0n) is 22.4.